The lowest BCUT2D eigenvalue weighted by Crippen LogP contribution is -2.49. The number of nitrogens with zero attached hydrogens (tertiary/aromatic N) is 1. The van der Waals surface area contributed by atoms with Crippen LogP contribution in [0.25, 0.3) is 0 Å². The van der Waals surface area contributed by atoms with Crippen molar-refractivity contribution in [3.8, 4) is 0 Å². The fourth-order valence-electron chi connectivity index (χ4n) is 1.12. The molecule has 0 rings (SSSR count). The Kier molecular flexibility index (Phi) is 6.99. The zero-order chi connectivity index (χ0) is 12.0. The van der Waals surface area contributed by atoms with E-state index in [0.29, 0.717) is 6.54 Å². The Hall–Kier alpha value is -0.240. The Labute approximate surface area is 89.4 Å². The summed E-state index contributed by atoms with van der Waals surface area (Å²) in [7, 11) is 1.75. The predicted molar refractivity (Wildman–Crippen MR) is 54.3 cm³/mol. The number of hydrogen-bond acceptors (Lipinski definition) is 6. The van der Waals surface area contributed by atoms with E-state index in [-0.39, 0.29) is 6.54 Å². The van der Waals surface area contributed by atoms with Crippen LogP contribution < -0.4 is 0 Å². The maximum atomic E-state index is 9.49. The minimum absolute atomic E-state index is 0.187. The van der Waals surface area contributed by atoms with Crippen LogP contribution in [0.4, 0.5) is 0 Å². The van der Waals surface area contributed by atoms with E-state index in [9.17, 15) is 15.3 Å². The molecular weight excluding hydrogens is 202 g/mol. The van der Waals surface area contributed by atoms with E-state index in [1.165, 1.54) is 0 Å². The minimum Gasteiger partial charge on any atom is -0.394 e. The van der Waals surface area contributed by atoms with E-state index in [1.807, 2.05) is 6.92 Å². The summed E-state index contributed by atoms with van der Waals surface area (Å²) in [5.41, 5.74) is 0. The highest BCUT2D eigenvalue weighted by Crippen LogP contribution is 2.06. The van der Waals surface area contributed by atoms with Crippen molar-refractivity contribution in [1.82, 2.24) is 4.90 Å². The van der Waals surface area contributed by atoms with Gasteiger partial charge < -0.3 is 30.4 Å². The third-order valence-corrected chi connectivity index (χ3v) is 2.36. The maximum absolute atomic E-state index is 9.49. The molecule has 0 aromatic rings. The molecule has 15 heavy (non-hydrogen) atoms. The molecule has 0 aliphatic rings. The van der Waals surface area contributed by atoms with Crippen LogP contribution in [0.1, 0.15) is 6.92 Å². The van der Waals surface area contributed by atoms with Gasteiger partial charge in [-0.2, -0.15) is 0 Å². The van der Waals surface area contributed by atoms with Gasteiger partial charge in [0.1, 0.15) is 18.3 Å². The largest absolute Gasteiger partial charge is 0.394 e. The van der Waals surface area contributed by atoms with E-state index in [1.54, 1.807) is 11.9 Å². The Bertz CT molecular complexity index is 169. The highest BCUT2D eigenvalue weighted by atomic mass is 16.4. The lowest BCUT2D eigenvalue weighted by Gasteiger charge is -2.28. The van der Waals surface area contributed by atoms with Crippen molar-refractivity contribution in [3.63, 3.8) is 0 Å². The van der Waals surface area contributed by atoms with Crippen LogP contribution >= 0.6 is 0 Å². The summed E-state index contributed by atoms with van der Waals surface area (Å²) in [4.78, 5) is 1.76. The van der Waals surface area contributed by atoms with E-state index in [0.717, 1.165) is 0 Å². The van der Waals surface area contributed by atoms with Gasteiger partial charge in [0, 0.05) is 6.54 Å². The van der Waals surface area contributed by atoms with Gasteiger partial charge in [0.2, 0.25) is 0 Å². The zero-order valence-electron chi connectivity index (χ0n) is 9.11. The second kappa shape index (κ2) is 7.10. The molecule has 4 unspecified atom stereocenters. The molecule has 0 fully saturated rings. The molecule has 0 aliphatic carbocycles. The van der Waals surface area contributed by atoms with Gasteiger partial charge in [-0.25, -0.2) is 0 Å². The van der Waals surface area contributed by atoms with Crippen LogP contribution in [0.3, 0.4) is 0 Å². The molecule has 5 N–H and O–H groups in total. The molecule has 0 aromatic heterocycles. The van der Waals surface area contributed by atoms with Gasteiger partial charge in [-0.1, -0.05) is 6.92 Å². The van der Waals surface area contributed by atoms with E-state index in [4.69, 9.17) is 10.2 Å². The molecular formula is C9H21NO5. The third kappa shape index (κ3) is 4.87. The average Bonchev–Trinajstić information content (AvgIpc) is 2.25. The zero-order valence-corrected chi connectivity index (χ0v) is 9.11. The van der Waals surface area contributed by atoms with E-state index in [2.05, 4.69) is 0 Å². The molecule has 0 heterocycles. The Balaban J connectivity index is 4.12. The molecule has 6 nitrogen and oxygen atoms in total. The summed E-state index contributed by atoms with van der Waals surface area (Å²) >= 11 is 0. The molecule has 0 spiro atoms. The molecule has 6 heteroatoms. The van der Waals surface area contributed by atoms with Gasteiger partial charge in [0.25, 0.3) is 0 Å². The van der Waals surface area contributed by atoms with Gasteiger partial charge >= 0.3 is 0 Å². The molecule has 0 aromatic carbocycles. The normalized spacial score (nSPS) is 20.0. The molecule has 0 amide bonds. The van der Waals surface area contributed by atoms with E-state index < -0.39 is 31.0 Å². The van der Waals surface area contributed by atoms with Crippen molar-refractivity contribution in [1.29, 1.82) is 0 Å². The lowest BCUT2D eigenvalue weighted by molar-refractivity contribution is -0.118. The van der Waals surface area contributed by atoms with Crippen LogP contribution in [0.5, 0.6) is 0 Å². The summed E-state index contributed by atoms with van der Waals surface area (Å²) in [5.74, 6) is 0. The smallest absolute Gasteiger partial charge is 0.111 e. The monoisotopic (exact) mass is 223 g/mol. The second-order valence-corrected chi connectivity index (χ2v) is 3.65. The van der Waals surface area contributed by atoms with Crippen molar-refractivity contribution >= 4 is 0 Å². The van der Waals surface area contributed by atoms with Crippen molar-refractivity contribution in [2.45, 2.75) is 31.3 Å². The summed E-state index contributed by atoms with van der Waals surface area (Å²) in [6.45, 7) is 2.11. The van der Waals surface area contributed by atoms with Gasteiger partial charge in [0.05, 0.1) is 12.7 Å². The van der Waals surface area contributed by atoms with Crippen LogP contribution in [-0.4, -0.2) is 81.6 Å². The highest BCUT2D eigenvalue weighted by molar-refractivity contribution is 4.81. The first-order valence-electron chi connectivity index (χ1n) is 4.95. The SMILES string of the molecule is CCN(C)CC(O)C(O)C(O)C(O)CO. The summed E-state index contributed by atoms with van der Waals surface area (Å²) in [6, 6.07) is 0. The first-order chi connectivity index (χ1) is 6.93. The maximum Gasteiger partial charge on any atom is 0.111 e. The summed E-state index contributed by atoms with van der Waals surface area (Å²) in [5, 5.41) is 45.8. The fraction of sp³-hybridized carbons (Fsp3) is 1.00. The number of aliphatic hydroxyl groups is 5. The number of hydrogen-bond donors (Lipinski definition) is 5. The predicted octanol–water partition coefficient (Wildman–Crippen LogP) is -2.63. The topological polar surface area (TPSA) is 104 Å². The highest BCUT2D eigenvalue weighted by Gasteiger charge is 2.30. The lowest BCUT2D eigenvalue weighted by atomic mass is 10.0. The van der Waals surface area contributed by atoms with Crippen LogP contribution in [0.2, 0.25) is 0 Å². The summed E-state index contributed by atoms with van der Waals surface area (Å²) in [6.07, 6.45) is -5.62. The molecule has 92 valence electrons. The number of likely N-dealkylation sites (N-methyl/N-ethyl adjacent to an activating group) is 1. The quantitative estimate of drug-likeness (QED) is 0.323. The third-order valence-electron chi connectivity index (χ3n) is 2.36. The molecule has 0 aliphatic heterocycles. The second-order valence-electron chi connectivity index (χ2n) is 3.65. The van der Waals surface area contributed by atoms with Crippen molar-refractivity contribution in [3.05, 3.63) is 0 Å². The number of rotatable bonds is 7. The van der Waals surface area contributed by atoms with Crippen LogP contribution in [0, 0.1) is 0 Å². The molecule has 0 bridgehead atoms. The van der Waals surface area contributed by atoms with Gasteiger partial charge in [0.15, 0.2) is 0 Å². The first kappa shape index (κ1) is 14.8. The molecule has 0 radical (unpaired) electrons. The molecule has 0 saturated heterocycles. The Morgan fingerprint density at radius 2 is 1.47 bits per heavy atom. The Morgan fingerprint density at radius 3 is 1.87 bits per heavy atom. The van der Waals surface area contributed by atoms with Crippen molar-refractivity contribution in [2.75, 3.05) is 26.7 Å². The van der Waals surface area contributed by atoms with Gasteiger partial charge in [-0.15, -0.1) is 0 Å². The van der Waals surface area contributed by atoms with Crippen molar-refractivity contribution < 1.29 is 25.5 Å². The standard InChI is InChI=1S/C9H21NO5/c1-3-10(2)4-6(12)8(14)9(15)7(13)5-11/h6-9,11-15H,3-5H2,1-2H3. The van der Waals surface area contributed by atoms with Gasteiger partial charge in [-0.05, 0) is 13.6 Å². The molecule has 4 atom stereocenters. The Morgan fingerprint density at radius 1 is 1.00 bits per heavy atom. The number of aliphatic hydroxyl groups excluding tert-OH is 5. The van der Waals surface area contributed by atoms with E-state index >= 15 is 0 Å². The van der Waals surface area contributed by atoms with Crippen LogP contribution in [-0.2, 0) is 0 Å². The summed E-state index contributed by atoms with van der Waals surface area (Å²) < 4.78 is 0. The fourth-order valence-corrected chi connectivity index (χ4v) is 1.12. The van der Waals surface area contributed by atoms with Crippen LogP contribution in [0.15, 0.2) is 0 Å². The minimum atomic E-state index is -1.55. The molecule has 0 saturated carbocycles. The average molecular weight is 223 g/mol. The first-order valence-corrected chi connectivity index (χ1v) is 4.95. The van der Waals surface area contributed by atoms with Crippen molar-refractivity contribution in [2.24, 2.45) is 0 Å². The van der Waals surface area contributed by atoms with Gasteiger partial charge in [-0.3, -0.25) is 0 Å².